The molecule has 150 valence electrons. The third kappa shape index (κ3) is 4.10. The van der Waals surface area contributed by atoms with Crippen LogP contribution in [0.3, 0.4) is 0 Å². The number of carbonyl (C=O) groups excluding carboxylic acids is 1. The van der Waals surface area contributed by atoms with Gasteiger partial charge in [-0.25, -0.2) is 4.79 Å². The predicted octanol–water partition coefficient (Wildman–Crippen LogP) is 4.72. The third-order valence-corrected chi connectivity index (χ3v) is 5.21. The van der Waals surface area contributed by atoms with Crippen LogP contribution in [0.2, 0.25) is 0 Å². The molecule has 0 atom stereocenters. The molecule has 0 aliphatic heterocycles. The number of fused-ring (bicyclic) bond motifs is 1. The van der Waals surface area contributed by atoms with Crippen molar-refractivity contribution in [1.82, 2.24) is 9.47 Å². The summed E-state index contributed by atoms with van der Waals surface area (Å²) >= 11 is 0. The Labute approximate surface area is 174 Å². The highest BCUT2D eigenvalue weighted by atomic mass is 16.4. The van der Waals surface area contributed by atoms with Crippen LogP contribution in [0.4, 0.5) is 0 Å². The van der Waals surface area contributed by atoms with Crippen LogP contribution >= 0.6 is 0 Å². The highest BCUT2D eigenvalue weighted by Gasteiger charge is 2.18. The SMILES string of the molecule is Cn1ccc2cc(C(=O)N(Cc3ccccc3)Cc3ccc(C(=O)O)cc3)ccc21. The molecule has 5 nitrogen and oxygen atoms in total. The second-order valence-electron chi connectivity index (χ2n) is 7.35. The number of aryl methyl sites for hydroxylation is 1. The van der Waals surface area contributed by atoms with E-state index in [9.17, 15) is 9.59 Å². The van der Waals surface area contributed by atoms with Gasteiger partial charge in [0.2, 0.25) is 0 Å². The zero-order valence-corrected chi connectivity index (χ0v) is 16.7. The maximum atomic E-state index is 13.4. The lowest BCUT2D eigenvalue weighted by atomic mass is 10.1. The largest absolute Gasteiger partial charge is 0.478 e. The van der Waals surface area contributed by atoms with Gasteiger partial charge in [-0.05, 0) is 47.5 Å². The highest BCUT2D eigenvalue weighted by molar-refractivity contribution is 5.98. The number of aromatic nitrogens is 1. The van der Waals surface area contributed by atoms with Crippen LogP contribution < -0.4 is 0 Å². The van der Waals surface area contributed by atoms with E-state index in [4.69, 9.17) is 5.11 Å². The van der Waals surface area contributed by atoms with Gasteiger partial charge in [-0.15, -0.1) is 0 Å². The Morgan fingerprint density at radius 1 is 0.833 bits per heavy atom. The topological polar surface area (TPSA) is 62.5 Å². The van der Waals surface area contributed by atoms with E-state index in [2.05, 4.69) is 0 Å². The van der Waals surface area contributed by atoms with Crippen LogP contribution in [-0.4, -0.2) is 26.5 Å². The van der Waals surface area contributed by atoms with Gasteiger partial charge in [0.1, 0.15) is 0 Å². The lowest BCUT2D eigenvalue weighted by molar-refractivity contribution is 0.0693. The quantitative estimate of drug-likeness (QED) is 0.511. The fraction of sp³-hybridized carbons (Fsp3) is 0.120. The van der Waals surface area contributed by atoms with Gasteiger partial charge in [-0.1, -0.05) is 42.5 Å². The average molecular weight is 398 g/mol. The molecule has 1 N–H and O–H groups in total. The number of amides is 1. The van der Waals surface area contributed by atoms with Gasteiger partial charge in [-0.3, -0.25) is 4.79 Å². The Morgan fingerprint density at radius 2 is 1.47 bits per heavy atom. The van der Waals surface area contributed by atoms with E-state index < -0.39 is 5.97 Å². The molecule has 3 aromatic carbocycles. The van der Waals surface area contributed by atoms with Crippen LogP contribution in [0.5, 0.6) is 0 Å². The molecule has 0 spiro atoms. The van der Waals surface area contributed by atoms with Gasteiger partial charge < -0.3 is 14.6 Å². The van der Waals surface area contributed by atoms with Crippen molar-refractivity contribution in [2.45, 2.75) is 13.1 Å². The zero-order valence-electron chi connectivity index (χ0n) is 16.7. The van der Waals surface area contributed by atoms with Crippen molar-refractivity contribution < 1.29 is 14.7 Å². The smallest absolute Gasteiger partial charge is 0.335 e. The molecule has 0 aliphatic carbocycles. The number of nitrogens with zero attached hydrogens (tertiary/aromatic N) is 2. The highest BCUT2D eigenvalue weighted by Crippen LogP contribution is 2.20. The van der Waals surface area contributed by atoms with Crippen molar-refractivity contribution in [2.75, 3.05) is 0 Å². The second-order valence-corrected chi connectivity index (χ2v) is 7.35. The van der Waals surface area contributed by atoms with Gasteiger partial charge in [-0.2, -0.15) is 0 Å². The van der Waals surface area contributed by atoms with E-state index in [-0.39, 0.29) is 11.5 Å². The summed E-state index contributed by atoms with van der Waals surface area (Å²) in [7, 11) is 1.98. The summed E-state index contributed by atoms with van der Waals surface area (Å²) in [6.45, 7) is 0.855. The first-order valence-electron chi connectivity index (χ1n) is 9.72. The van der Waals surface area contributed by atoms with Crippen molar-refractivity contribution in [3.05, 3.63) is 107 Å². The predicted molar refractivity (Wildman–Crippen MR) is 116 cm³/mol. The summed E-state index contributed by atoms with van der Waals surface area (Å²) in [5.41, 5.74) is 3.85. The van der Waals surface area contributed by atoms with E-state index in [0.717, 1.165) is 22.0 Å². The Hall–Kier alpha value is -3.86. The van der Waals surface area contributed by atoms with Crippen LogP contribution in [0.1, 0.15) is 31.8 Å². The first kappa shape index (κ1) is 19.5. The molecule has 0 unspecified atom stereocenters. The Kier molecular flexibility index (Phi) is 5.35. The fourth-order valence-electron chi connectivity index (χ4n) is 3.57. The van der Waals surface area contributed by atoms with Gasteiger partial charge in [0.15, 0.2) is 0 Å². The van der Waals surface area contributed by atoms with Crippen molar-refractivity contribution in [3.8, 4) is 0 Å². The first-order chi connectivity index (χ1) is 14.5. The Bertz CT molecular complexity index is 1190. The van der Waals surface area contributed by atoms with Gasteiger partial charge in [0, 0.05) is 42.8 Å². The molecule has 0 saturated carbocycles. The second kappa shape index (κ2) is 8.25. The van der Waals surface area contributed by atoms with E-state index >= 15 is 0 Å². The van der Waals surface area contributed by atoms with Crippen molar-refractivity contribution >= 4 is 22.8 Å². The summed E-state index contributed by atoms with van der Waals surface area (Å²) in [4.78, 5) is 26.3. The lowest BCUT2D eigenvalue weighted by Crippen LogP contribution is -2.30. The van der Waals surface area contributed by atoms with Crippen molar-refractivity contribution in [3.63, 3.8) is 0 Å². The van der Waals surface area contributed by atoms with E-state index in [0.29, 0.717) is 18.7 Å². The normalized spacial score (nSPS) is 10.8. The molecule has 1 aromatic heterocycles. The maximum absolute atomic E-state index is 13.4. The Balaban J connectivity index is 1.64. The van der Waals surface area contributed by atoms with Crippen molar-refractivity contribution in [1.29, 1.82) is 0 Å². The average Bonchev–Trinajstić information content (AvgIpc) is 3.14. The summed E-state index contributed by atoms with van der Waals surface area (Å²) in [5, 5.41) is 10.1. The summed E-state index contributed by atoms with van der Waals surface area (Å²) in [6.07, 6.45) is 1.98. The molecule has 0 saturated heterocycles. The number of aromatic carboxylic acids is 1. The van der Waals surface area contributed by atoms with Crippen LogP contribution in [0.15, 0.2) is 85.1 Å². The number of hydrogen-bond acceptors (Lipinski definition) is 2. The molecule has 30 heavy (non-hydrogen) atoms. The van der Waals surface area contributed by atoms with Crippen LogP contribution in [-0.2, 0) is 20.1 Å². The molecular formula is C25H22N2O3. The molecule has 1 amide bonds. The summed E-state index contributed by atoms with van der Waals surface area (Å²) in [6, 6.07) is 24.2. The lowest BCUT2D eigenvalue weighted by Gasteiger charge is -2.23. The molecule has 5 heteroatoms. The number of rotatable bonds is 6. The first-order valence-corrected chi connectivity index (χ1v) is 9.72. The number of carboxylic acids is 1. The zero-order chi connectivity index (χ0) is 21.1. The molecule has 0 aliphatic rings. The van der Waals surface area contributed by atoms with E-state index in [1.54, 1.807) is 29.2 Å². The van der Waals surface area contributed by atoms with Gasteiger partial charge in [0.05, 0.1) is 5.56 Å². The number of hydrogen-bond donors (Lipinski definition) is 1. The number of carbonyl (C=O) groups is 2. The van der Waals surface area contributed by atoms with E-state index in [1.807, 2.05) is 72.4 Å². The molecule has 0 fully saturated rings. The van der Waals surface area contributed by atoms with Gasteiger partial charge in [0.25, 0.3) is 5.91 Å². The summed E-state index contributed by atoms with van der Waals surface area (Å²) < 4.78 is 2.02. The molecular weight excluding hydrogens is 376 g/mol. The van der Waals surface area contributed by atoms with Crippen molar-refractivity contribution in [2.24, 2.45) is 7.05 Å². The monoisotopic (exact) mass is 398 g/mol. The molecule has 0 radical (unpaired) electrons. The molecule has 4 aromatic rings. The van der Waals surface area contributed by atoms with Gasteiger partial charge >= 0.3 is 5.97 Å². The van der Waals surface area contributed by atoms with Crippen LogP contribution in [0.25, 0.3) is 10.9 Å². The third-order valence-electron chi connectivity index (χ3n) is 5.21. The summed E-state index contributed by atoms with van der Waals surface area (Å²) in [5.74, 6) is -1.03. The minimum atomic E-state index is -0.963. The molecule has 1 heterocycles. The maximum Gasteiger partial charge on any atom is 0.335 e. The van der Waals surface area contributed by atoms with E-state index in [1.165, 1.54) is 0 Å². The standard InChI is InChI=1S/C25H22N2O3/c1-26-14-13-21-15-22(11-12-23(21)26)24(28)27(16-18-5-3-2-4-6-18)17-19-7-9-20(10-8-19)25(29)30/h2-15H,16-17H2,1H3,(H,29,30). The molecule has 4 rings (SSSR count). The molecule has 0 bridgehead atoms. The number of benzene rings is 3. The minimum Gasteiger partial charge on any atom is -0.478 e. The Morgan fingerprint density at radius 3 is 2.13 bits per heavy atom. The number of carboxylic acid groups (broad SMARTS) is 1. The minimum absolute atomic E-state index is 0.0630. The fourth-order valence-corrected chi connectivity index (χ4v) is 3.57. The van der Waals surface area contributed by atoms with Crippen LogP contribution in [0, 0.1) is 0 Å².